The van der Waals surface area contributed by atoms with Crippen molar-refractivity contribution in [3.05, 3.63) is 47.4 Å². The number of rotatable bonds is 4. The highest BCUT2D eigenvalue weighted by Crippen LogP contribution is 2.34. The van der Waals surface area contributed by atoms with Crippen molar-refractivity contribution >= 4 is 5.97 Å². The highest BCUT2D eigenvalue weighted by molar-refractivity contribution is 5.83. The number of hydrogen-bond donors (Lipinski definition) is 1. The van der Waals surface area contributed by atoms with Gasteiger partial charge in [0.1, 0.15) is 11.4 Å². The first-order valence-electron chi connectivity index (χ1n) is 6.34. The number of esters is 1. The standard InChI is InChI=1S/C15H18FNO2/c1-15(2,11-5-7-12(16)8-6-11)19-14(18)9-13(17)10-3-4-10/h5-10H,3-4,17H2,1-2H3/b13-9-. The predicted octanol–water partition coefficient (Wildman–Crippen LogP) is 2.86. The molecule has 0 unspecified atom stereocenters. The smallest absolute Gasteiger partial charge is 0.333 e. The van der Waals surface area contributed by atoms with E-state index in [2.05, 4.69) is 0 Å². The number of nitrogens with two attached hydrogens (primary N) is 1. The molecule has 3 nitrogen and oxygen atoms in total. The molecule has 1 fully saturated rings. The van der Waals surface area contributed by atoms with Crippen LogP contribution in [0.1, 0.15) is 32.3 Å². The SMILES string of the molecule is CC(C)(OC(=O)/C=C(\N)C1CC1)c1ccc(F)cc1. The average molecular weight is 263 g/mol. The third-order valence-electron chi connectivity index (χ3n) is 3.23. The van der Waals surface area contributed by atoms with Crippen molar-refractivity contribution in [1.29, 1.82) is 0 Å². The Morgan fingerprint density at radius 1 is 1.37 bits per heavy atom. The number of benzene rings is 1. The minimum Gasteiger partial charge on any atom is -0.452 e. The van der Waals surface area contributed by atoms with Gasteiger partial charge in [-0.25, -0.2) is 9.18 Å². The number of carbonyl (C=O) groups is 1. The summed E-state index contributed by atoms with van der Waals surface area (Å²) in [6.45, 7) is 3.53. The molecule has 0 aromatic heterocycles. The Bertz CT molecular complexity index is 501. The summed E-state index contributed by atoms with van der Waals surface area (Å²) >= 11 is 0. The highest BCUT2D eigenvalue weighted by Gasteiger charge is 2.27. The summed E-state index contributed by atoms with van der Waals surface area (Å²) in [4.78, 5) is 11.8. The molecular formula is C15H18FNO2. The molecule has 0 spiro atoms. The molecule has 0 atom stereocenters. The quantitative estimate of drug-likeness (QED) is 0.671. The van der Waals surface area contributed by atoms with Crippen molar-refractivity contribution in [2.45, 2.75) is 32.3 Å². The molecule has 2 rings (SSSR count). The van der Waals surface area contributed by atoms with Gasteiger partial charge in [0.05, 0.1) is 0 Å². The van der Waals surface area contributed by atoms with Crippen LogP contribution >= 0.6 is 0 Å². The molecule has 1 aliphatic carbocycles. The summed E-state index contributed by atoms with van der Waals surface area (Å²) < 4.78 is 18.3. The fraction of sp³-hybridized carbons (Fsp3) is 0.400. The van der Waals surface area contributed by atoms with Crippen LogP contribution in [0.25, 0.3) is 0 Å². The van der Waals surface area contributed by atoms with Gasteiger partial charge in [0, 0.05) is 11.8 Å². The lowest BCUT2D eigenvalue weighted by molar-refractivity contribution is -0.151. The second-order valence-corrected chi connectivity index (χ2v) is 5.36. The Morgan fingerprint density at radius 2 is 1.95 bits per heavy atom. The van der Waals surface area contributed by atoms with Crippen LogP contribution in [-0.4, -0.2) is 5.97 Å². The van der Waals surface area contributed by atoms with Gasteiger partial charge < -0.3 is 10.5 Å². The molecule has 1 aromatic rings. The third-order valence-corrected chi connectivity index (χ3v) is 3.23. The first-order chi connectivity index (χ1) is 8.88. The molecule has 0 saturated heterocycles. The second-order valence-electron chi connectivity index (χ2n) is 5.36. The van der Waals surface area contributed by atoms with Gasteiger partial charge in [0.2, 0.25) is 0 Å². The molecule has 2 N–H and O–H groups in total. The molecule has 102 valence electrons. The van der Waals surface area contributed by atoms with Crippen LogP contribution in [0.3, 0.4) is 0 Å². The topological polar surface area (TPSA) is 52.3 Å². The lowest BCUT2D eigenvalue weighted by atomic mass is 9.98. The maximum absolute atomic E-state index is 12.9. The van der Waals surface area contributed by atoms with Gasteiger partial charge in [-0.1, -0.05) is 12.1 Å². The van der Waals surface area contributed by atoms with Crippen LogP contribution in [0.15, 0.2) is 36.0 Å². The van der Waals surface area contributed by atoms with Gasteiger partial charge >= 0.3 is 5.97 Å². The molecule has 0 bridgehead atoms. The van der Waals surface area contributed by atoms with Gasteiger partial charge in [-0.3, -0.25) is 0 Å². The van der Waals surface area contributed by atoms with E-state index in [0.29, 0.717) is 11.6 Å². The fourth-order valence-electron chi connectivity index (χ4n) is 1.86. The van der Waals surface area contributed by atoms with Crippen molar-refractivity contribution in [3.8, 4) is 0 Å². The largest absolute Gasteiger partial charge is 0.452 e. The lowest BCUT2D eigenvalue weighted by Gasteiger charge is -2.25. The minimum atomic E-state index is -0.814. The Hall–Kier alpha value is -1.84. The molecule has 0 amide bonds. The molecule has 1 aromatic carbocycles. The average Bonchev–Trinajstić information content (AvgIpc) is 3.12. The normalized spacial score (nSPS) is 16.3. The fourth-order valence-corrected chi connectivity index (χ4v) is 1.86. The molecule has 1 aliphatic rings. The van der Waals surface area contributed by atoms with Crippen molar-refractivity contribution in [3.63, 3.8) is 0 Å². The van der Waals surface area contributed by atoms with Crippen LogP contribution in [0.5, 0.6) is 0 Å². The van der Waals surface area contributed by atoms with Gasteiger partial charge in [-0.2, -0.15) is 0 Å². The molecule has 4 heteroatoms. The Labute approximate surface area is 112 Å². The molecule has 0 radical (unpaired) electrons. The molecule has 0 heterocycles. The van der Waals surface area contributed by atoms with Gasteiger partial charge in [0.15, 0.2) is 0 Å². The van der Waals surface area contributed by atoms with E-state index >= 15 is 0 Å². The van der Waals surface area contributed by atoms with Crippen molar-refractivity contribution in [2.24, 2.45) is 11.7 Å². The molecule has 19 heavy (non-hydrogen) atoms. The van der Waals surface area contributed by atoms with Crippen molar-refractivity contribution < 1.29 is 13.9 Å². The Balaban J connectivity index is 2.05. The summed E-state index contributed by atoms with van der Waals surface area (Å²) in [5.74, 6) is -0.441. The number of ether oxygens (including phenoxy) is 1. The van der Waals surface area contributed by atoms with Crippen molar-refractivity contribution in [1.82, 2.24) is 0 Å². The molecular weight excluding hydrogens is 245 g/mol. The van der Waals surface area contributed by atoms with Crippen LogP contribution in [0, 0.1) is 11.7 Å². The van der Waals surface area contributed by atoms with E-state index in [9.17, 15) is 9.18 Å². The van der Waals surface area contributed by atoms with Crippen molar-refractivity contribution in [2.75, 3.05) is 0 Å². The second kappa shape index (κ2) is 5.03. The molecule has 0 aliphatic heterocycles. The third kappa shape index (κ3) is 3.56. The zero-order chi connectivity index (χ0) is 14.0. The summed E-state index contributed by atoms with van der Waals surface area (Å²) in [5, 5.41) is 0. The maximum atomic E-state index is 12.9. The lowest BCUT2D eigenvalue weighted by Crippen LogP contribution is -2.25. The predicted molar refractivity (Wildman–Crippen MR) is 70.5 cm³/mol. The summed E-state index contributed by atoms with van der Waals surface area (Å²) in [6.07, 6.45) is 3.43. The van der Waals surface area contributed by atoms with E-state index in [1.165, 1.54) is 18.2 Å². The van der Waals surface area contributed by atoms with Crippen LogP contribution in [0.4, 0.5) is 4.39 Å². The van der Waals surface area contributed by atoms with Gasteiger partial charge in [-0.15, -0.1) is 0 Å². The van der Waals surface area contributed by atoms with E-state index in [-0.39, 0.29) is 5.82 Å². The number of hydrogen-bond acceptors (Lipinski definition) is 3. The first kappa shape index (κ1) is 13.6. The number of halogens is 1. The van der Waals surface area contributed by atoms with E-state index in [0.717, 1.165) is 18.4 Å². The van der Waals surface area contributed by atoms with Gasteiger partial charge in [0.25, 0.3) is 0 Å². The highest BCUT2D eigenvalue weighted by atomic mass is 19.1. The van der Waals surface area contributed by atoms with Gasteiger partial charge in [-0.05, 0) is 50.3 Å². The summed E-state index contributed by atoms with van der Waals surface area (Å²) in [6, 6.07) is 5.91. The number of allylic oxidation sites excluding steroid dienone is 1. The van der Waals surface area contributed by atoms with E-state index in [1.807, 2.05) is 0 Å². The van der Waals surface area contributed by atoms with Crippen LogP contribution < -0.4 is 5.73 Å². The van der Waals surface area contributed by atoms with E-state index in [4.69, 9.17) is 10.5 Å². The monoisotopic (exact) mass is 263 g/mol. The molecule has 1 saturated carbocycles. The minimum absolute atomic E-state index is 0.316. The zero-order valence-electron chi connectivity index (χ0n) is 11.2. The zero-order valence-corrected chi connectivity index (χ0v) is 11.2. The number of carbonyl (C=O) groups excluding carboxylic acids is 1. The first-order valence-corrected chi connectivity index (χ1v) is 6.34. The van der Waals surface area contributed by atoms with Crippen LogP contribution in [0.2, 0.25) is 0 Å². The van der Waals surface area contributed by atoms with Crippen LogP contribution in [-0.2, 0) is 15.1 Å². The summed E-state index contributed by atoms with van der Waals surface area (Å²) in [7, 11) is 0. The van der Waals surface area contributed by atoms with E-state index in [1.54, 1.807) is 26.0 Å². The summed E-state index contributed by atoms with van der Waals surface area (Å²) in [5.41, 5.74) is 6.27. The Morgan fingerprint density at radius 3 is 2.47 bits per heavy atom. The maximum Gasteiger partial charge on any atom is 0.333 e. The van der Waals surface area contributed by atoms with E-state index < -0.39 is 11.6 Å². The Kier molecular flexibility index (Phi) is 3.60.